The summed E-state index contributed by atoms with van der Waals surface area (Å²) in [6.07, 6.45) is 51.8. The van der Waals surface area contributed by atoms with E-state index >= 15 is 0 Å². The molecule has 0 aromatic carbocycles. The Labute approximate surface area is 351 Å². The number of phosphoric acid groups is 1. The van der Waals surface area contributed by atoms with E-state index in [0.29, 0.717) is 19.3 Å². The lowest BCUT2D eigenvalue weighted by molar-refractivity contribution is -0.161. The highest BCUT2D eigenvalue weighted by atomic mass is 31.2. The summed E-state index contributed by atoms with van der Waals surface area (Å²) in [4.78, 5) is 35.0. The maximum Gasteiger partial charge on any atom is 0.472 e. The molecule has 0 amide bonds. The monoisotopic (exact) mass is 830 g/mol. The molecule has 4 atom stereocenters. The molecule has 0 spiro atoms. The number of esters is 2. The van der Waals surface area contributed by atoms with Gasteiger partial charge in [0.2, 0.25) is 0 Å². The normalized spacial score (nSPS) is 17.7. The van der Waals surface area contributed by atoms with Crippen molar-refractivity contribution in [2.75, 3.05) is 26.4 Å². The lowest BCUT2D eigenvalue weighted by Crippen LogP contribution is -2.29. The van der Waals surface area contributed by atoms with Crippen molar-refractivity contribution in [3.8, 4) is 0 Å². The first-order valence-corrected chi connectivity index (χ1v) is 23.3. The molecule has 3 unspecified atom stereocenters. The second-order valence-electron chi connectivity index (χ2n) is 14.2. The third kappa shape index (κ3) is 34.9. The number of nitrogens with two attached hydrogens (primary N) is 1. The van der Waals surface area contributed by atoms with E-state index in [1.165, 1.54) is 44.9 Å². The predicted molar refractivity (Wildman–Crippen MR) is 237 cm³/mol. The van der Waals surface area contributed by atoms with Gasteiger partial charge in [-0.1, -0.05) is 137 Å². The molecule has 1 aliphatic rings. The van der Waals surface area contributed by atoms with Crippen LogP contribution in [0.1, 0.15) is 142 Å². The van der Waals surface area contributed by atoms with Gasteiger partial charge in [0.15, 0.2) is 6.10 Å². The number of unbranched alkanes of at least 4 members (excludes halogenated alkanes) is 6. The summed E-state index contributed by atoms with van der Waals surface area (Å²) < 4.78 is 38.5. The van der Waals surface area contributed by atoms with Gasteiger partial charge in [0.25, 0.3) is 0 Å². The van der Waals surface area contributed by atoms with Gasteiger partial charge >= 0.3 is 19.8 Å². The fraction of sp³-hybridized carbons (Fsp3) is 0.617. The van der Waals surface area contributed by atoms with E-state index < -0.39 is 32.5 Å². The van der Waals surface area contributed by atoms with Gasteiger partial charge in [-0.05, 0) is 89.9 Å². The quantitative estimate of drug-likeness (QED) is 0.0203. The van der Waals surface area contributed by atoms with Crippen LogP contribution >= 0.6 is 7.82 Å². The third-order valence-corrected chi connectivity index (χ3v) is 9.86. The number of carbonyl (C=O) groups is 2. The van der Waals surface area contributed by atoms with Crippen LogP contribution in [0.15, 0.2) is 97.2 Å². The predicted octanol–water partition coefficient (Wildman–Crippen LogP) is 11.6. The number of ether oxygens (including phenoxy) is 3. The first kappa shape index (κ1) is 52.9. The molecule has 3 N–H and O–H groups in total. The van der Waals surface area contributed by atoms with Crippen molar-refractivity contribution in [3.63, 3.8) is 0 Å². The highest BCUT2D eigenvalue weighted by molar-refractivity contribution is 7.47. The first-order valence-electron chi connectivity index (χ1n) is 21.8. The topological polar surface area (TPSA) is 147 Å². The van der Waals surface area contributed by atoms with Crippen LogP contribution in [0.2, 0.25) is 0 Å². The van der Waals surface area contributed by atoms with Crippen molar-refractivity contribution < 1.29 is 42.3 Å². The summed E-state index contributed by atoms with van der Waals surface area (Å²) in [5.41, 5.74) is 5.34. The Hall–Kier alpha value is -3.11. The van der Waals surface area contributed by atoms with Gasteiger partial charge in [-0.15, -0.1) is 0 Å². The van der Waals surface area contributed by atoms with E-state index in [1.807, 2.05) is 12.2 Å². The summed E-state index contributed by atoms with van der Waals surface area (Å²) in [6, 6.07) is 0. The molecule has 328 valence electrons. The average Bonchev–Trinajstić information content (AvgIpc) is 3.97. The van der Waals surface area contributed by atoms with Gasteiger partial charge in [0, 0.05) is 19.4 Å². The van der Waals surface area contributed by atoms with Gasteiger partial charge in [0.05, 0.1) is 25.4 Å². The molecule has 0 aromatic rings. The molecule has 11 heteroatoms. The molecule has 1 saturated heterocycles. The Morgan fingerprint density at radius 1 is 0.621 bits per heavy atom. The summed E-state index contributed by atoms with van der Waals surface area (Å²) in [6.45, 7) is 3.47. The van der Waals surface area contributed by atoms with Crippen LogP contribution in [0.4, 0.5) is 0 Å². The van der Waals surface area contributed by atoms with Crippen molar-refractivity contribution in [1.82, 2.24) is 0 Å². The van der Waals surface area contributed by atoms with Crippen molar-refractivity contribution in [2.24, 2.45) is 5.73 Å². The van der Waals surface area contributed by atoms with Crippen molar-refractivity contribution >= 4 is 19.8 Å². The maximum absolute atomic E-state index is 12.7. The lowest BCUT2D eigenvalue weighted by Gasteiger charge is -2.19. The molecule has 1 aliphatic heterocycles. The highest BCUT2D eigenvalue weighted by Crippen LogP contribution is 2.43. The second-order valence-corrected chi connectivity index (χ2v) is 15.7. The fourth-order valence-electron chi connectivity index (χ4n) is 5.53. The van der Waals surface area contributed by atoms with E-state index in [-0.39, 0.29) is 44.8 Å². The number of hydrogen-bond acceptors (Lipinski definition) is 9. The molecule has 0 aliphatic carbocycles. The molecule has 1 heterocycles. The van der Waals surface area contributed by atoms with Crippen molar-refractivity contribution in [1.29, 1.82) is 0 Å². The standard InChI is InChI=1S/C47H76NO9P/c1-3-5-7-9-11-13-15-17-18-19-20-21-22-23-25-27-29-31-33-37-46(49)53-41-43(42-55-58(51,52)54-40-39-48)56-47(50)38-34-36-45-44(57-45)35-32-30-28-26-24-16-14-12-10-8-6-4-2/h11-14,17-18,20-21,23-26,29-32,43-45H,3-10,15-16,19,22,27-28,33-42,48H2,1-2H3,(H,51,52)/b13-11-,14-12-,18-17-,21-20-,25-23-,26-24-,31-29-,32-30-/t43-,44?,45?/m1/s1. The summed E-state index contributed by atoms with van der Waals surface area (Å²) in [5.74, 6) is -1.01. The number of rotatable bonds is 38. The Balaban J connectivity index is 2.31. The molecule has 1 fully saturated rings. The molecule has 1 rings (SSSR count). The van der Waals surface area contributed by atoms with Crippen LogP contribution in [0.5, 0.6) is 0 Å². The van der Waals surface area contributed by atoms with E-state index in [9.17, 15) is 19.0 Å². The number of carbonyl (C=O) groups excluding carboxylic acids is 2. The van der Waals surface area contributed by atoms with Crippen molar-refractivity contribution in [3.05, 3.63) is 97.2 Å². The van der Waals surface area contributed by atoms with Gasteiger partial charge < -0.3 is 24.8 Å². The first-order chi connectivity index (χ1) is 28.3. The highest BCUT2D eigenvalue weighted by Gasteiger charge is 2.36. The van der Waals surface area contributed by atoms with E-state index in [0.717, 1.165) is 51.4 Å². The lowest BCUT2D eigenvalue weighted by atomic mass is 10.1. The zero-order valence-electron chi connectivity index (χ0n) is 35.7. The second kappa shape index (κ2) is 38.1. The van der Waals surface area contributed by atoms with Gasteiger partial charge in [-0.3, -0.25) is 18.6 Å². The molecular formula is C47H76NO9P. The van der Waals surface area contributed by atoms with Crippen LogP contribution < -0.4 is 5.73 Å². The Morgan fingerprint density at radius 2 is 1.12 bits per heavy atom. The SMILES string of the molecule is CCCCC/C=C\C/C=C\C/C=C\C/C=C\C/C=C\CCC(=O)OC[C@H](COP(=O)(O)OCCN)OC(=O)CCCC1OC1C/C=C\C/C=C\C/C=C\CCCCC. The zero-order chi connectivity index (χ0) is 42.2. The van der Waals surface area contributed by atoms with Crippen LogP contribution in [0, 0.1) is 0 Å². The van der Waals surface area contributed by atoms with Crippen LogP contribution in [0.25, 0.3) is 0 Å². The smallest absolute Gasteiger partial charge is 0.462 e. The van der Waals surface area contributed by atoms with E-state index in [2.05, 4.69) is 98.9 Å². The number of hydrogen-bond donors (Lipinski definition) is 2. The number of phosphoric ester groups is 1. The summed E-state index contributed by atoms with van der Waals surface area (Å²) in [5, 5.41) is 0. The molecular weight excluding hydrogens is 753 g/mol. The van der Waals surface area contributed by atoms with Crippen LogP contribution in [-0.4, -0.2) is 61.5 Å². The van der Waals surface area contributed by atoms with Gasteiger partial charge in [0.1, 0.15) is 6.61 Å². The molecule has 0 bridgehead atoms. The average molecular weight is 830 g/mol. The largest absolute Gasteiger partial charge is 0.472 e. The fourth-order valence-corrected chi connectivity index (χ4v) is 6.29. The zero-order valence-corrected chi connectivity index (χ0v) is 36.6. The maximum atomic E-state index is 12.7. The van der Waals surface area contributed by atoms with E-state index in [4.69, 9.17) is 29.0 Å². The summed E-state index contributed by atoms with van der Waals surface area (Å²) in [7, 11) is -4.43. The van der Waals surface area contributed by atoms with Crippen molar-refractivity contribution in [2.45, 2.75) is 161 Å². The third-order valence-electron chi connectivity index (χ3n) is 8.88. The number of epoxide rings is 1. The van der Waals surface area contributed by atoms with Gasteiger partial charge in [-0.2, -0.15) is 0 Å². The summed E-state index contributed by atoms with van der Waals surface area (Å²) >= 11 is 0. The molecule has 0 radical (unpaired) electrons. The molecule has 58 heavy (non-hydrogen) atoms. The van der Waals surface area contributed by atoms with Crippen LogP contribution in [-0.2, 0) is 37.4 Å². The Kier molecular flexibility index (Phi) is 34.8. The van der Waals surface area contributed by atoms with Gasteiger partial charge in [-0.25, -0.2) is 4.57 Å². The Bertz CT molecular complexity index is 1330. The Morgan fingerprint density at radius 3 is 1.64 bits per heavy atom. The minimum Gasteiger partial charge on any atom is -0.462 e. The molecule has 0 saturated carbocycles. The molecule has 10 nitrogen and oxygen atoms in total. The van der Waals surface area contributed by atoms with Crippen LogP contribution in [0.3, 0.4) is 0 Å². The minimum atomic E-state index is -4.43. The minimum absolute atomic E-state index is 0.0263. The number of allylic oxidation sites excluding steroid dienone is 15. The van der Waals surface area contributed by atoms with E-state index in [1.54, 1.807) is 0 Å². The molecule has 0 aromatic heterocycles.